The molecule has 0 saturated carbocycles. The molecule has 0 aliphatic heterocycles. The molecule has 1 heterocycles. The molecule has 0 aliphatic carbocycles. The Morgan fingerprint density at radius 3 is 2.47 bits per heavy atom. The second-order valence-electron chi connectivity index (χ2n) is 3.26. The first-order valence-corrected chi connectivity index (χ1v) is 4.86. The summed E-state index contributed by atoms with van der Waals surface area (Å²) in [4.78, 5) is 8.23. The van der Waals surface area contributed by atoms with E-state index in [-0.39, 0.29) is 6.61 Å². The van der Waals surface area contributed by atoms with E-state index in [1.807, 2.05) is 24.3 Å². The summed E-state index contributed by atoms with van der Waals surface area (Å²) in [5, 5.41) is 8.78. The number of aromatic nitrogens is 2. The summed E-state index contributed by atoms with van der Waals surface area (Å²) in [5.41, 5.74) is 3.04. The van der Waals surface area contributed by atoms with Crippen molar-refractivity contribution in [2.45, 2.75) is 6.42 Å². The minimum Gasteiger partial charge on any atom is -0.396 e. The van der Waals surface area contributed by atoms with Crippen LogP contribution in [0.15, 0.2) is 42.9 Å². The van der Waals surface area contributed by atoms with Crippen molar-refractivity contribution in [3.8, 4) is 11.3 Å². The zero-order valence-corrected chi connectivity index (χ0v) is 8.30. The summed E-state index contributed by atoms with van der Waals surface area (Å²) >= 11 is 0. The van der Waals surface area contributed by atoms with Crippen LogP contribution in [0, 0.1) is 0 Å². The van der Waals surface area contributed by atoms with E-state index in [4.69, 9.17) is 5.11 Å². The zero-order chi connectivity index (χ0) is 10.5. The highest BCUT2D eigenvalue weighted by Crippen LogP contribution is 2.15. The fraction of sp³-hybridized carbons (Fsp3) is 0.167. The molecule has 0 fully saturated rings. The number of benzene rings is 1. The van der Waals surface area contributed by atoms with Crippen molar-refractivity contribution in [3.63, 3.8) is 0 Å². The van der Waals surface area contributed by atoms with Crippen LogP contribution in [0.4, 0.5) is 0 Å². The second-order valence-corrected chi connectivity index (χ2v) is 3.26. The topological polar surface area (TPSA) is 46.0 Å². The predicted molar refractivity (Wildman–Crippen MR) is 58.3 cm³/mol. The highest BCUT2D eigenvalue weighted by molar-refractivity contribution is 5.58. The van der Waals surface area contributed by atoms with Crippen molar-refractivity contribution in [1.29, 1.82) is 0 Å². The number of nitrogens with zero attached hydrogens (tertiary/aromatic N) is 2. The van der Waals surface area contributed by atoms with Gasteiger partial charge in [-0.05, 0) is 12.0 Å². The van der Waals surface area contributed by atoms with E-state index in [0.29, 0.717) is 6.42 Å². The molecule has 2 aromatic rings. The van der Waals surface area contributed by atoms with Gasteiger partial charge >= 0.3 is 0 Å². The molecule has 0 radical (unpaired) electrons. The van der Waals surface area contributed by atoms with Gasteiger partial charge < -0.3 is 5.11 Å². The van der Waals surface area contributed by atoms with Crippen molar-refractivity contribution >= 4 is 0 Å². The number of hydrogen-bond donors (Lipinski definition) is 1. The number of hydrogen-bond acceptors (Lipinski definition) is 3. The summed E-state index contributed by atoms with van der Waals surface area (Å²) in [6.07, 6.45) is 5.77. The van der Waals surface area contributed by atoms with Crippen LogP contribution >= 0.6 is 0 Å². The quantitative estimate of drug-likeness (QED) is 0.819. The molecule has 0 spiro atoms. The monoisotopic (exact) mass is 200 g/mol. The molecule has 15 heavy (non-hydrogen) atoms. The van der Waals surface area contributed by atoms with Crippen molar-refractivity contribution < 1.29 is 5.11 Å². The third-order valence-corrected chi connectivity index (χ3v) is 2.21. The minimum atomic E-state index is 0.185. The molecule has 1 aromatic carbocycles. The molecular formula is C12H12N2O. The van der Waals surface area contributed by atoms with Crippen LogP contribution in [0.1, 0.15) is 5.56 Å². The molecule has 0 saturated heterocycles. The van der Waals surface area contributed by atoms with Crippen LogP contribution in [-0.2, 0) is 6.42 Å². The van der Waals surface area contributed by atoms with Gasteiger partial charge in [0.15, 0.2) is 0 Å². The van der Waals surface area contributed by atoms with E-state index in [1.165, 1.54) is 0 Å². The van der Waals surface area contributed by atoms with E-state index in [9.17, 15) is 0 Å². The summed E-state index contributed by atoms with van der Waals surface area (Å²) < 4.78 is 0. The first kappa shape index (κ1) is 9.80. The lowest BCUT2D eigenvalue weighted by Gasteiger charge is -2.01. The Hall–Kier alpha value is -1.74. The Kier molecular flexibility index (Phi) is 3.05. The molecule has 1 N–H and O–H groups in total. The molecule has 0 amide bonds. The summed E-state index contributed by atoms with van der Waals surface area (Å²) in [6.45, 7) is 0.185. The molecular weight excluding hydrogens is 188 g/mol. The van der Waals surface area contributed by atoms with E-state index in [2.05, 4.69) is 9.97 Å². The highest BCUT2D eigenvalue weighted by Gasteiger charge is 1.98. The minimum absolute atomic E-state index is 0.185. The van der Waals surface area contributed by atoms with Gasteiger partial charge in [0, 0.05) is 24.6 Å². The highest BCUT2D eigenvalue weighted by atomic mass is 16.2. The number of rotatable bonds is 3. The Balaban J connectivity index is 2.24. The first-order chi connectivity index (χ1) is 7.40. The summed E-state index contributed by atoms with van der Waals surface area (Å²) in [7, 11) is 0. The maximum absolute atomic E-state index is 8.78. The van der Waals surface area contributed by atoms with Gasteiger partial charge in [-0.1, -0.05) is 24.3 Å². The molecule has 0 unspecified atom stereocenters. The van der Waals surface area contributed by atoms with Crippen molar-refractivity contribution in [2.24, 2.45) is 0 Å². The largest absolute Gasteiger partial charge is 0.396 e. The maximum Gasteiger partial charge on any atom is 0.0885 e. The Labute approximate surface area is 88.5 Å². The molecule has 3 nitrogen and oxygen atoms in total. The first-order valence-electron chi connectivity index (χ1n) is 4.86. The van der Waals surface area contributed by atoms with Crippen LogP contribution in [0.25, 0.3) is 11.3 Å². The van der Waals surface area contributed by atoms with Crippen LogP contribution in [0.3, 0.4) is 0 Å². The lowest BCUT2D eigenvalue weighted by molar-refractivity contribution is 0.299. The average Bonchev–Trinajstić information content (AvgIpc) is 2.32. The SMILES string of the molecule is OCCc1ccc(-c2cnccn2)cc1. The summed E-state index contributed by atoms with van der Waals surface area (Å²) in [5.74, 6) is 0. The molecule has 2 rings (SSSR count). The lowest BCUT2D eigenvalue weighted by Crippen LogP contribution is -1.90. The third kappa shape index (κ3) is 2.39. The second kappa shape index (κ2) is 4.66. The predicted octanol–water partition coefficient (Wildman–Crippen LogP) is 1.68. The maximum atomic E-state index is 8.78. The van der Waals surface area contributed by atoms with Gasteiger partial charge in [-0.2, -0.15) is 0 Å². The standard InChI is InChI=1S/C12H12N2O/c15-8-5-10-1-3-11(4-2-10)12-9-13-6-7-14-12/h1-4,6-7,9,15H,5,8H2. The number of aliphatic hydroxyl groups excluding tert-OH is 1. The molecule has 76 valence electrons. The normalized spacial score (nSPS) is 10.2. The van der Waals surface area contributed by atoms with Gasteiger partial charge in [0.25, 0.3) is 0 Å². The van der Waals surface area contributed by atoms with E-state index >= 15 is 0 Å². The molecule has 0 atom stereocenters. The van der Waals surface area contributed by atoms with Gasteiger partial charge in [0.2, 0.25) is 0 Å². The molecule has 3 heteroatoms. The van der Waals surface area contributed by atoms with Crippen LogP contribution in [0.2, 0.25) is 0 Å². The van der Waals surface area contributed by atoms with Crippen molar-refractivity contribution in [1.82, 2.24) is 9.97 Å². The molecule has 0 bridgehead atoms. The van der Waals surface area contributed by atoms with Crippen LogP contribution in [-0.4, -0.2) is 21.7 Å². The Morgan fingerprint density at radius 1 is 1.07 bits per heavy atom. The van der Waals surface area contributed by atoms with E-state index in [0.717, 1.165) is 16.8 Å². The van der Waals surface area contributed by atoms with Gasteiger partial charge in [0.1, 0.15) is 0 Å². The summed E-state index contributed by atoms with van der Waals surface area (Å²) in [6, 6.07) is 7.99. The fourth-order valence-corrected chi connectivity index (χ4v) is 1.42. The van der Waals surface area contributed by atoms with E-state index < -0.39 is 0 Å². The Bertz CT molecular complexity index is 411. The van der Waals surface area contributed by atoms with Crippen molar-refractivity contribution in [2.75, 3.05) is 6.61 Å². The van der Waals surface area contributed by atoms with Crippen molar-refractivity contribution in [3.05, 3.63) is 48.4 Å². The smallest absolute Gasteiger partial charge is 0.0885 e. The molecule has 0 aliphatic rings. The van der Waals surface area contributed by atoms with Gasteiger partial charge in [0.05, 0.1) is 11.9 Å². The van der Waals surface area contributed by atoms with Gasteiger partial charge in [-0.3, -0.25) is 9.97 Å². The fourth-order valence-electron chi connectivity index (χ4n) is 1.42. The van der Waals surface area contributed by atoms with E-state index in [1.54, 1.807) is 18.6 Å². The zero-order valence-electron chi connectivity index (χ0n) is 8.30. The molecule has 1 aromatic heterocycles. The third-order valence-electron chi connectivity index (χ3n) is 2.21. The lowest BCUT2D eigenvalue weighted by atomic mass is 10.1. The Morgan fingerprint density at radius 2 is 1.87 bits per heavy atom. The average molecular weight is 200 g/mol. The van der Waals surface area contributed by atoms with Crippen LogP contribution in [0.5, 0.6) is 0 Å². The van der Waals surface area contributed by atoms with Gasteiger partial charge in [-0.15, -0.1) is 0 Å². The number of aliphatic hydroxyl groups is 1. The van der Waals surface area contributed by atoms with Crippen LogP contribution < -0.4 is 0 Å². The van der Waals surface area contributed by atoms with Gasteiger partial charge in [-0.25, -0.2) is 0 Å².